The van der Waals surface area contributed by atoms with Crippen LogP contribution >= 0.6 is 0 Å². The first-order chi connectivity index (χ1) is 18.0. The number of anilines is 1. The van der Waals surface area contributed by atoms with Gasteiger partial charge in [-0.3, -0.25) is 14.7 Å². The van der Waals surface area contributed by atoms with Crippen molar-refractivity contribution in [2.24, 2.45) is 0 Å². The summed E-state index contributed by atoms with van der Waals surface area (Å²) in [5.74, 6) is -0.384. The highest BCUT2D eigenvalue weighted by Gasteiger charge is 2.42. The Kier molecular flexibility index (Phi) is 6.32. The summed E-state index contributed by atoms with van der Waals surface area (Å²) in [6.07, 6.45) is 1.59. The van der Waals surface area contributed by atoms with Crippen LogP contribution in [0.2, 0.25) is 0 Å². The van der Waals surface area contributed by atoms with Gasteiger partial charge in [-0.1, -0.05) is 31.1 Å². The van der Waals surface area contributed by atoms with Crippen LogP contribution in [0, 0.1) is 13.8 Å². The van der Waals surface area contributed by atoms with Crippen LogP contribution in [0.25, 0.3) is 0 Å². The number of H-pyrrole nitrogens is 2. The number of carbonyl (C=O) groups excluding carboxylic acids is 2. The highest BCUT2D eigenvalue weighted by Crippen LogP contribution is 2.37. The normalized spacial score (nSPS) is 15.3. The molecule has 1 aliphatic rings. The lowest BCUT2D eigenvalue weighted by Crippen LogP contribution is -2.45. The van der Waals surface area contributed by atoms with Crippen molar-refractivity contribution in [2.75, 3.05) is 11.9 Å². The van der Waals surface area contributed by atoms with Crippen LogP contribution in [-0.2, 0) is 28.4 Å². The predicted molar refractivity (Wildman–Crippen MR) is 138 cm³/mol. The van der Waals surface area contributed by atoms with Crippen molar-refractivity contribution in [2.45, 2.75) is 51.0 Å². The van der Waals surface area contributed by atoms with Crippen molar-refractivity contribution >= 4 is 27.4 Å². The van der Waals surface area contributed by atoms with Gasteiger partial charge in [-0.25, -0.2) is 8.42 Å². The molecule has 3 N–H and O–H groups in total. The van der Waals surface area contributed by atoms with Crippen molar-refractivity contribution in [3.8, 4) is 0 Å². The van der Waals surface area contributed by atoms with E-state index in [1.54, 1.807) is 56.4 Å². The Hall–Kier alpha value is -4.03. The Morgan fingerprint density at radius 1 is 1.16 bits per heavy atom. The maximum absolute atomic E-state index is 13.6. The van der Waals surface area contributed by atoms with Crippen LogP contribution in [0.15, 0.2) is 52.0 Å². The topological polar surface area (TPSA) is 154 Å². The molecule has 0 bridgehead atoms. The SMILES string of the molecule is Cc1noc(C)c1S(=O)(=O)N1Cc2c(n[nH]c2CC(=O)c2ccccc2NC(=O)c2ccc[nH]2)C(C)(C)C1. The molecular formula is C26H28N6O5S. The molecular weight excluding hydrogens is 508 g/mol. The molecule has 1 aromatic carbocycles. The fourth-order valence-electron chi connectivity index (χ4n) is 4.92. The monoisotopic (exact) mass is 536 g/mol. The number of sulfonamides is 1. The van der Waals surface area contributed by atoms with Gasteiger partial charge in [0.15, 0.2) is 11.5 Å². The summed E-state index contributed by atoms with van der Waals surface area (Å²) in [6, 6.07) is 10.1. The first-order valence-corrected chi connectivity index (χ1v) is 13.5. The van der Waals surface area contributed by atoms with Gasteiger partial charge in [-0.05, 0) is 38.1 Å². The number of ketones is 1. The highest BCUT2D eigenvalue weighted by molar-refractivity contribution is 7.89. The number of carbonyl (C=O) groups is 2. The molecule has 4 heterocycles. The number of Topliss-reactive ketones (excluding diaryl/α,β-unsaturated/α-hetero) is 1. The van der Waals surface area contributed by atoms with Crippen molar-refractivity contribution in [3.63, 3.8) is 0 Å². The minimum atomic E-state index is -3.91. The molecule has 198 valence electrons. The zero-order chi connectivity index (χ0) is 27.2. The molecule has 0 spiro atoms. The molecule has 0 unspecified atom stereocenters. The molecule has 1 aliphatic heterocycles. The van der Waals surface area contributed by atoms with E-state index in [0.717, 1.165) is 5.69 Å². The minimum Gasteiger partial charge on any atom is -0.360 e. The molecule has 11 nitrogen and oxygen atoms in total. The molecule has 0 radical (unpaired) electrons. The number of amides is 1. The molecule has 3 aromatic heterocycles. The second-order valence-corrected chi connectivity index (χ2v) is 11.9. The molecule has 12 heteroatoms. The number of rotatable bonds is 7. The number of aromatic amines is 2. The molecule has 0 aliphatic carbocycles. The van der Waals surface area contributed by atoms with Gasteiger partial charge in [-0.15, -0.1) is 0 Å². The standard InChI is InChI=1S/C26H28N6O5S/c1-15-23(16(2)37-31-15)38(35,36)32-13-18-21(29-30-24(18)26(3,4)14-32)12-22(33)17-8-5-6-9-19(17)28-25(34)20-10-7-11-27-20/h5-11,27H,12-14H2,1-4H3,(H,28,34)(H,29,30). The molecule has 4 aromatic rings. The highest BCUT2D eigenvalue weighted by atomic mass is 32.2. The maximum Gasteiger partial charge on any atom is 0.272 e. The van der Waals surface area contributed by atoms with Gasteiger partial charge in [0.25, 0.3) is 5.91 Å². The number of benzene rings is 1. The summed E-state index contributed by atoms with van der Waals surface area (Å²) in [7, 11) is -3.91. The molecule has 0 atom stereocenters. The molecule has 5 rings (SSSR count). The second kappa shape index (κ2) is 9.37. The number of fused-ring (bicyclic) bond motifs is 1. The zero-order valence-electron chi connectivity index (χ0n) is 21.5. The fourth-order valence-corrected chi connectivity index (χ4v) is 6.78. The summed E-state index contributed by atoms with van der Waals surface area (Å²) in [4.78, 5) is 28.9. The van der Waals surface area contributed by atoms with E-state index >= 15 is 0 Å². The smallest absolute Gasteiger partial charge is 0.272 e. The quantitative estimate of drug-likeness (QED) is 0.305. The van der Waals surface area contributed by atoms with E-state index in [4.69, 9.17) is 4.52 Å². The lowest BCUT2D eigenvalue weighted by atomic mass is 9.83. The third kappa shape index (κ3) is 4.45. The summed E-state index contributed by atoms with van der Waals surface area (Å²) in [5.41, 5.74) is 2.70. The third-order valence-corrected chi connectivity index (χ3v) is 8.76. The number of nitrogens with one attached hydrogen (secondary N) is 3. The number of hydrogen-bond acceptors (Lipinski definition) is 7. The van der Waals surface area contributed by atoms with E-state index in [-0.39, 0.29) is 41.9 Å². The first-order valence-electron chi connectivity index (χ1n) is 12.1. The van der Waals surface area contributed by atoms with E-state index in [1.165, 1.54) is 4.31 Å². The number of hydrogen-bond donors (Lipinski definition) is 3. The van der Waals surface area contributed by atoms with Gasteiger partial charge < -0.3 is 14.8 Å². The number of aryl methyl sites for hydroxylation is 2. The summed E-state index contributed by atoms with van der Waals surface area (Å²) >= 11 is 0. The number of para-hydroxylation sites is 1. The van der Waals surface area contributed by atoms with E-state index < -0.39 is 15.4 Å². The summed E-state index contributed by atoms with van der Waals surface area (Å²) < 4.78 is 33.7. The van der Waals surface area contributed by atoms with Crippen molar-refractivity contribution in [1.82, 2.24) is 24.6 Å². The van der Waals surface area contributed by atoms with Crippen LogP contribution in [0.4, 0.5) is 5.69 Å². The second-order valence-electron chi connectivity index (χ2n) is 10.0. The number of aromatic nitrogens is 4. The van der Waals surface area contributed by atoms with Gasteiger partial charge in [-0.2, -0.15) is 9.40 Å². The summed E-state index contributed by atoms with van der Waals surface area (Å²) in [6.45, 7) is 7.25. The van der Waals surface area contributed by atoms with Gasteiger partial charge in [0, 0.05) is 41.5 Å². The largest absolute Gasteiger partial charge is 0.360 e. The van der Waals surface area contributed by atoms with Gasteiger partial charge in [0.05, 0.1) is 17.8 Å². The molecule has 0 fully saturated rings. The molecule has 38 heavy (non-hydrogen) atoms. The zero-order valence-corrected chi connectivity index (χ0v) is 22.3. The first kappa shape index (κ1) is 25.6. The van der Waals surface area contributed by atoms with Gasteiger partial charge in [0.1, 0.15) is 16.3 Å². The van der Waals surface area contributed by atoms with Crippen LogP contribution in [0.3, 0.4) is 0 Å². The van der Waals surface area contributed by atoms with E-state index in [2.05, 4.69) is 25.7 Å². The van der Waals surface area contributed by atoms with Crippen molar-refractivity contribution < 1.29 is 22.5 Å². The molecule has 0 saturated carbocycles. The Morgan fingerprint density at radius 3 is 2.61 bits per heavy atom. The molecule has 1 amide bonds. The lowest BCUT2D eigenvalue weighted by molar-refractivity contribution is 0.0992. The van der Waals surface area contributed by atoms with Crippen LogP contribution in [0.1, 0.15) is 63.1 Å². The Balaban J connectivity index is 1.43. The van der Waals surface area contributed by atoms with E-state index in [1.807, 2.05) is 13.8 Å². The number of nitrogens with zero attached hydrogens (tertiary/aromatic N) is 3. The van der Waals surface area contributed by atoms with E-state index in [0.29, 0.717) is 33.9 Å². The average Bonchev–Trinajstić information content (AvgIpc) is 3.60. The van der Waals surface area contributed by atoms with Gasteiger partial charge >= 0.3 is 0 Å². The minimum absolute atomic E-state index is 0.0486. The average molecular weight is 537 g/mol. The van der Waals surface area contributed by atoms with Crippen LogP contribution in [-0.4, -0.2) is 51.3 Å². The van der Waals surface area contributed by atoms with Crippen LogP contribution < -0.4 is 5.32 Å². The summed E-state index contributed by atoms with van der Waals surface area (Å²) in [5, 5.41) is 14.0. The Labute approximate surface area is 219 Å². The van der Waals surface area contributed by atoms with Crippen molar-refractivity contribution in [3.05, 3.63) is 82.3 Å². The maximum atomic E-state index is 13.6. The molecule has 0 saturated heterocycles. The third-order valence-electron chi connectivity index (χ3n) is 6.72. The predicted octanol–water partition coefficient (Wildman–Crippen LogP) is 3.50. The van der Waals surface area contributed by atoms with Crippen LogP contribution in [0.5, 0.6) is 0 Å². The lowest BCUT2D eigenvalue weighted by Gasteiger charge is -2.36. The van der Waals surface area contributed by atoms with Crippen molar-refractivity contribution in [1.29, 1.82) is 0 Å². The fraction of sp³-hybridized carbons (Fsp3) is 0.308. The van der Waals surface area contributed by atoms with E-state index in [9.17, 15) is 18.0 Å². The Morgan fingerprint density at radius 2 is 1.92 bits per heavy atom. The van der Waals surface area contributed by atoms with Gasteiger partial charge in [0.2, 0.25) is 10.0 Å². The Bertz CT molecular complexity index is 1610.